The second-order valence-corrected chi connectivity index (χ2v) is 6.57. The molecule has 0 unspecified atom stereocenters. The van der Waals surface area contributed by atoms with E-state index < -0.39 is 5.97 Å². The maximum absolute atomic E-state index is 11.1. The van der Waals surface area contributed by atoms with Crippen LogP contribution in [0.5, 0.6) is 11.5 Å². The fourth-order valence-electron chi connectivity index (χ4n) is 2.86. The van der Waals surface area contributed by atoms with Crippen LogP contribution >= 0.6 is 0 Å². The number of carboxylic acids is 1. The van der Waals surface area contributed by atoms with E-state index in [0.717, 1.165) is 35.1 Å². The number of unbranched alkanes of at least 4 members (excludes halogenated alkanes) is 2. The van der Waals surface area contributed by atoms with Gasteiger partial charge in [0.25, 0.3) is 0 Å². The number of carbonyl (C=O) groups is 1. The number of phenols is 1. The van der Waals surface area contributed by atoms with E-state index >= 15 is 0 Å². The van der Waals surface area contributed by atoms with Crippen LogP contribution in [0, 0.1) is 11.8 Å². The van der Waals surface area contributed by atoms with Crippen LogP contribution in [0.3, 0.4) is 0 Å². The number of hydrogen-bond acceptors (Lipinski definition) is 3. The SMILES string of the molecule is CCCCCOc1ccc2cc(C#Cc3ccc(O)c(C(=O)O)c3)ccc2c1. The van der Waals surface area contributed by atoms with Crippen LogP contribution in [0.25, 0.3) is 10.8 Å². The Kier molecular flexibility index (Phi) is 6.18. The highest BCUT2D eigenvalue weighted by molar-refractivity contribution is 5.91. The van der Waals surface area contributed by atoms with E-state index in [-0.39, 0.29) is 11.3 Å². The van der Waals surface area contributed by atoms with E-state index in [1.54, 1.807) is 6.07 Å². The fraction of sp³-hybridized carbons (Fsp3) is 0.208. The van der Waals surface area contributed by atoms with E-state index in [1.165, 1.54) is 25.0 Å². The van der Waals surface area contributed by atoms with Gasteiger partial charge in [-0.15, -0.1) is 0 Å². The molecule has 4 heteroatoms. The molecule has 0 aliphatic carbocycles. The summed E-state index contributed by atoms with van der Waals surface area (Å²) >= 11 is 0. The molecule has 142 valence electrons. The van der Waals surface area contributed by atoms with Crippen LogP contribution in [-0.4, -0.2) is 22.8 Å². The van der Waals surface area contributed by atoms with Gasteiger partial charge >= 0.3 is 5.97 Å². The minimum atomic E-state index is -1.18. The molecular weight excluding hydrogens is 352 g/mol. The van der Waals surface area contributed by atoms with E-state index in [9.17, 15) is 9.90 Å². The Bertz CT molecular complexity index is 1060. The van der Waals surface area contributed by atoms with Crippen LogP contribution < -0.4 is 4.74 Å². The summed E-state index contributed by atoms with van der Waals surface area (Å²) in [5.41, 5.74) is 1.21. The Balaban J connectivity index is 1.77. The lowest BCUT2D eigenvalue weighted by molar-refractivity contribution is 0.0693. The van der Waals surface area contributed by atoms with Crippen molar-refractivity contribution in [3.63, 3.8) is 0 Å². The topological polar surface area (TPSA) is 66.8 Å². The molecule has 0 fully saturated rings. The summed E-state index contributed by atoms with van der Waals surface area (Å²) in [5.74, 6) is 5.42. The summed E-state index contributed by atoms with van der Waals surface area (Å²) < 4.78 is 5.80. The zero-order valence-electron chi connectivity index (χ0n) is 15.7. The van der Waals surface area contributed by atoms with Crippen molar-refractivity contribution in [2.75, 3.05) is 6.61 Å². The van der Waals surface area contributed by atoms with Gasteiger partial charge in [0.2, 0.25) is 0 Å². The summed E-state index contributed by atoms with van der Waals surface area (Å²) in [6.07, 6.45) is 3.40. The number of rotatable bonds is 6. The van der Waals surface area contributed by atoms with Crippen LogP contribution in [0.2, 0.25) is 0 Å². The number of carboxylic acid groups (broad SMARTS) is 1. The number of ether oxygens (including phenoxy) is 1. The average Bonchev–Trinajstić information content (AvgIpc) is 2.70. The van der Waals surface area contributed by atoms with Gasteiger partial charge < -0.3 is 14.9 Å². The van der Waals surface area contributed by atoms with Gasteiger partial charge in [0, 0.05) is 11.1 Å². The van der Waals surface area contributed by atoms with Crippen molar-refractivity contribution < 1.29 is 19.7 Å². The molecule has 3 aromatic rings. The zero-order valence-corrected chi connectivity index (χ0v) is 15.7. The Morgan fingerprint density at radius 3 is 2.36 bits per heavy atom. The van der Waals surface area contributed by atoms with Crippen LogP contribution in [0.4, 0.5) is 0 Å². The average molecular weight is 374 g/mol. The minimum Gasteiger partial charge on any atom is -0.507 e. The quantitative estimate of drug-likeness (QED) is 0.459. The first-order valence-corrected chi connectivity index (χ1v) is 9.32. The first-order valence-electron chi connectivity index (χ1n) is 9.32. The van der Waals surface area contributed by atoms with E-state index in [0.29, 0.717) is 5.56 Å². The Morgan fingerprint density at radius 2 is 1.61 bits per heavy atom. The molecule has 0 bridgehead atoms. The molecule has 0 heterocycles. The number of hydrogen-bond donors (Lipinski definition) is 2. The number of aromatic carboxylic acids is 1. The first-order chi connectivity index (χ1) is 13.6. The van der Waals surface area contributed by atoms with Gasteiger partial charge in [-0.25, -0.2) is 4.79 Å². The van der Waals surface area contributed by atoms with Gasteiger partial charge in [0.1, 0.15) is 17.1 Å². The molecule has 0 aliphatic heterocycles. The van der Waals surface area contributed by atoms with E-state index in [1.807, 2.05) is 36.4 Å². The molecule has 0 atom stereocenters. The third-order valence-corrected chi connectivity index (χ3v) is 4.41. The molecular formula is C24H22O4. The monoisotopic (exact) mass is 374 g/mol. The van der Waals surface area contributed by atoms with Crippen molar-refractivity contribution in [3.05, 3.63) is 71.3 Å². The van der Waals surface area contributed by atoms with Gasteiger partial charge in [0.05, 0.1) is 6.61 Å². The van der Waals surface area contributed by atoms with E-state index in [2.05, 4.69) is 18.8 Å². The van der Waals surface area contributed by atoms with Crippen molar-refractivity contribution in [3.8, 4) is 23.3 Å². The molecule has 0 saturated carbocycles. The summed E-state index contributed by atoms with van der Waals surface area (Å²) in [6, 6.07) is 16.2. The molecule has 4 nitrogen and oxygen atoms in total. The summed E-state index contributed by atoms with van der Waals surface area (Å²) in [6.45, 7) is 2.90. The second kappa shape index (κ2) is 8.96. The minimum absolute atomic E-state index is 0.156. The summed E-state index contributed by atoms with van der Waals surface area (Å²) in [5, 5.41) is 20.8. The third-order valence-electron chi connectivity index (χ3n) is 4.41. The predicted octanol–water partition coefficient (Wildman–Crippen LogP) is 5.21. The molecule has 0 aliphatic rings. The van der Waals surface area contributed by atoms with Crippen molar-refractivity contribution in [1.82, 2.24) is 0 Å². The Hall–Kier alpha value is -3.45. The summed E-state index contributed by atoms with van der Waals surface area (Å²) in [7, 11) is 0. The van der Waals surface area contributed by atoms with Gasteiger partial charge in [-0.2, -0.15) is 0 Å². The smallest absolute Gasteiger partial charge is 0.339 e. The predicted molar refractivity (Wildman–Crippen MR) is 110 cm³/mol. The lowest BCUT2D eigenvalue weighted by atomic mass is 10.1. The number of benzene rings is 3. The van der Waals surface area contributed by atoms with Crippen molar-refractivity contribution in [2.45, 2.75) is 26.2 Å². The fourth-order valence-corrected chi connectivity index (χ4v) is 2.86. The number of fused-ring (bicyclic) bond motifs is 1. The van der Waals surface area contributed by atoms with Gasteiger partial charge in [-0.1, -0.05) is 43.7 Å². The highest BCUT2D eigenvalue weighted by Gasteiger charge is 2.09. The Labute approximate surface area is 164 Å². The highest BCUT2D eigenvalue weighted by atomic mass is 16.5. The highest BCUT2D eigenvalue weighted by Crippen LogP contribution is 2.22. The van der Waals surface area contributed by atoms with Gasteiger partial charge in [0.15, 0.2) is 0 Å². The van der Waals surface area contributed by atoms with Crippen LogP contribution in [-0.2, 0) is 0 Å². The third kappa shape index (κ3) is 4.83. The van der Waals surface area contributed by atoms with Crippen LogP contribution in [0.1, 0.15) is 47.7 Å². The zero-order chi connectivity index (χ0) is 19.9. The largest absolute Gasteiger partial charge is 0.507 e. The molecule has 0 saturated heterocycles. The lowest BCUT2D eigenvalue weighted by Gasteiger charge is -2.07. The molecule has 0 aromatic heterocycles. The van der Waals surface area contributed by atoms with Crippen LogP contribution in [0.15, 0.2) is 54.6 Å². The van der Waals surface area contributed by atoms with Crippen molar-refractivity contribution in [1.29, 1.82) is 0 Å². The number of aromatic hydroxyl groups is 1. The molecule has 28 heavy (non-hydrogen) atoms. The molecule has 0 radical (unpaired) electrons. The maximum Gasteiger partial charge on any atom is 0.339 e. The molecule has 3 aromatic carbocycles. The second-order valence-electron chi connectivity index (χ2n) is 6.57. The first kappa shape index (κ1) is 19.3. The standard InChI is InChI=1S/C24H22O4/c1-2-3-4-13-28-21-11-10-19-14-17(7-9-20(19)16-21)5-6-18-8-12-23(25)22(15-18)24(26)27/h7-12,14-16,25H,2-4,13H2,1H3,(H,26,27). The van der Waals surface area contributed by atoms with Crippen molar-refractivity contribution in [2.24, 2.45) is 0 Å². The Morgan fingerprint density at radius 1 is 0.929 bits per heavy atom. The van der Waals surface area contributed by atoms with E-state index in [4.69, 9.17) is 9.84 Å². The molecule has 0 amide bonds. The normalized spacial score (nSPS) is 10.3. The van der Waals surface area contributed by atoms with Gasteiger partial charge in [-0.05, 0) is 59.7 Å². The molecule has 0 spiro atoms. The molecule has 2 N–H and O–H groups in total. The van der Waals surface area contributed by atoms with Crippen molar-refractivity contribution >= 4 is 16.7 Å². The maximum atomic E-state index is 11.1. The molecule has 3 rings (SSSR count). The lowest BCUT2D eigenvalue weighted by Crippen LogP contribution is -1.97. The summed E-state index contributed by atoms with van der Waals surface area (Å²) in [4.78, 5) is 11.1. The van der Waals surface area contributed by atoms with Gasteiger partial charge in [-0.3, -0.25) is 0 Å².